The number of thioether (sulfide) groups is 1. The highest BCUT2D eigenvalue weighted by Gasteiger charge is 2.34. The molecule has 2 heterocycles. The number of benzene rings is 2. The van der Waals surface area contributed by atoms with Gasteiger partial charge in [0.15, 0.2) is 5.69 Å². The van der Waals surface area contributed by atoms with Crippen LogP contribution in [-0.2, 0) is 4.79 Å². The molecular weight excluding hydrogens is 460 g/mol. The summed E-state index contributed by atoms with van der Waals surface area (Å²) in [4.78, 5) is 19.2. The largest absolute Gasteiger partial charge is 0.490 e. The first-order valence-electron chi connectivity index (χ1n) is 11.9. The van der Waals surface area contributed by atoms with Gasteiger partial charge in [-0.3, -0.25) is 9.69 Å². The molecule has 0 aliphatic carbocycles. The number of hydrogen-bond acceptors (Lipinski definition) is 7. The molecule has 1 atom stereocenters. The van der Waals surface area contributed by atoms with Gasteiger partial charge in [0.2, 0.25) is 23.2 Å². The fourth-order valence-corrected chi connectivity index (χ4v) is 4.68. The van der Waals surface area contributed by atoms with E-state index in [4.69, 9.17) is 14.5 Å². The standard InChI is InChI=1S/C27H30N4O3S/c1-4-6-7-10-18-35-27-28-25-24(29-30-27)22-11-8-9-12-23(22)31(19(3)32)26(34-25)20-13-15-21(16-14-20)33-17-5-2/h5,8-9,11-16,26H,2,4,6-7,10,17-18H2,1,3H3/t26-/m0/s1. The van der Waals surface area contributed by atoms with Crippen LogP contribution in [-0.4, -0.2) is 33.4 Å². The Bertz CT molecular complexity index is 1170. The summed E-state index contributed by atoms with van der Waals surface area (Å²) in [5, 5.41) is 9.40. The molecule has 182 valence electrons. The number of hydrogen-bond donors (Lipinski definition) is 0. The summed E-state index contributed by atoms with van der Waals surface area (Å²) in [7, 11) is 0. The average Bonchev–Trinajstić information content (AvgIpc) is 3.02. The molecule has 35 heavy (non-hydrogen) atoms. The van der Waals surface area contributed by atoms with Crippen molar-refractivity contribution in [3.8, 4) is 22.9 Å². The quantitative estimate of drug-likeness (QED) is 0.190. The fraction of sp³-hybridized carbons (Fsp3) is 0.333. The Kier molecular flexibility index (Phi) is 8.36. The molecule has 1 aliphatic rings. The molecule has 1 aliphatic heterocycles. The van der Waals surface area contributed by atoms with Crippen molar-refractivity contribution in [2.24, 2.45) is 0 Å². The number of unbranched alkanes of at least 4 members (excludes halogenated alkanes) is 3. The van der Waals surface area contributed by atoms with E-state index in [1.54, 1.807) is 22.7 Å². The number of amides is 1. The summed E-state index contributed by atoms with van der Waals surface area (Å²) in [5.74, 6) is 1.85. The van der Waals surface area contributed by atoms with Crippen LogP contribution >= 0.6 is 11.8 Å². The van der Waals surface area contributed by atoms with Crippen LogP contribution in [0.1, 0.15) is 51.3 Å². The molecule has 7 nitrogen and oxygen atoms in total. The number of ether oxygens (including phenoxy) is 2. The Hall–Kier alpha value is -3.39. The number of carbonyl (C=O) groups excluding carboxylic acids is 1. The molecule has 0 spiro atoms. The molecule has 1 aromatic heterocycles. The highest BCUT2D eigenvalue weighted by molar-refractivity contribution is 7.99. The van der Waals surface area contributed by atoms with E-state index in [2.05, 4.69) is 23.7 Å². The lowest BCUT2D eigenvalue weighted by molar-refractivity contribution is -0.118. The third kappa shape index (κ3) is 5.82. The average molecular weight is 491 g/mol. The zero-order valence-electron chi connectivity index (χ0n) is 20.1. The number of fused-ring (bicyclic) bond motifs is 3. The molecule has 2 aromatic carbocycles. The summed E-state index contributed by atoms with van der Waals surface area (Å²) >= 11 is 1.58. The van der Waals surface area contributed by atoms with Crippen LogP contribution in [0.4, 0.5) is 5.69 Å². The van der Waals surface area contributed by atoms with Crippen molar-refractivity contribution in [1.29, 1.82) is 0 Å². The third-order valence-electron chi connectivity index (χ3n) is 5.61. The van der Waals surface area contributed by atoms with Gasteiger partial charge in [-0.2, -0.15) is 4.98 Å². The van der Waals surface area contributed by atoms with Gasteiger partial charge in [0.05, 0.1) is 5.69 Å². The van der Waals surface area contributed by atoms with Crippen LogP contribution in [0.15, 0.2) is 66.3 Å². The number of carbonyl (C=O) groups is 1. The van der Waals surface area contributed by atoms with E-state index in [0.29, 0.717) is 34.8 Å². The summed E-state index contributed by atoms with van der Waals surface area (Å²) in [5.41, 5.74) is 2.77. The maximum atomic E-state index is 12.9. The molecule has 0 fully saturated rings. The van der Waals surface area contributed by atoms with E-state index in [0.717, 1.165) is 23.3 Å². The van der Waals surface area contributed by atoms with Crippen molar-refractivity contribution in [2.45, 2.75) is 50.9 Å². The Labute approximate surface area is 210 Å². The van der Waals surface area contributed by atoms with Crippen LogP contribution in [0.2, 0.25) is 0 Å². The SMILES string of the molecule is C=CCOc1ccc([C@@H]2Oc3nc(SCCCCCC)nnc3-c3ccccc3N2C(C)=O)cc1. The van der Waals surface area contributed by atoms with E-state index in [1.165, 1.54) is 26.2 Å². The Morgan fingerprint density at radius 2 is 1.94 bits per heavy atom. The van der Waals surface area contributed by atoms with Gasteiger partial charge in [-0.15, -0.1) is 10.2 Å². The zero-order chi connectivity index (χ0) is 24.6. The molecule has 0 radical (unpaired) electrons. The second-order valence-corrected chi connectivity index (χ2v) is 9.26. The Morgan fingerprint density at radius 3 is 2.69 bits per heavy atom. The number of nitrogens with zero attached hydrogens (tertiary/aromatic N) is 4. The monoisotopic (exact) mass is 490 g/mol. The third-order valence-corrected chi connectivity index (χ3v) is 6.54. The molecule has 1 amide bonds. The van der Waals surface area contributed by atoms with Gasteiger partial charge in [0, 0.05) is 23.8 Å². The first-order valence-corrected chi connectivity index (χ1v) is 12.9. The summed E-state index contributed by atoms with van der Waals surface area (Å²) in [6.07, 6.45) is 5.69. The van der Waals surface area contributed by atoms with E-state index in [1.807, 2.05) is 48.5 Å². The molecule has 0 saturated carbocycles. The second kappa shape index (κ2) is 11.8. The van der Waals surface area contributed by atoms with Crippen LogP contribution in [0.5, 0.6) is 11.6 Å². The van der Waals surface area contributed by atoms with Crippen molar-refractivity contribution in [3.05, 3.63) is 66.7 Å². The second-order valence-electron chi connectivity index (χ2n) is 8.20. The summed E-state index contributed by atoms with van der Waals surface area (Å²) < 4.78 is 12.0. The van der Waals surface area contributed by atoms with Crippen LogP contribution in [0, 0.1) is 0 Å². The molecule has 3 aromatic rings. The number of anilines is 1. The van der Waals surface area contributed by atoms with Gasteiger partial charge in [0.25, 0.3) is 0 Å². The molecule has 0 saturated heterocycles. The Balaban J connectivity index is 1.70. The number of rotatable bonds is 10. The smallest absolute Gasteiger partial charge is 0.247 e. The van der Waals surface area contributed by atoms with Crippen molar-refractivity contribution >= 4 is 23.4 Å². The van der Waals surface area contributed by atoms with Crippen molar-refractivity contribution < 1.29 is 14.3 Å². The normalized spacial score (nSPS) is 14.3. The minimum absolute atomic E-state index is 0.152. The predicted molar refractivity (Wildman–Crippen MR) is 139 cm³/mol. The van der Waals surface area contributed by atoms with Gasteiger partial charge in [-0.25, -0.2) is 0 Å². The highest BCUT2D eigenvalue weighted by Crippen LogP contribution is 2.43. The van der Waals surface area contributed by atoms with Crippen molar-refractivity contribution in [3.63, 3.8) is 0 Å². The van der Waals surface area contributed by atoms with Crippen LogP contribution < -0.4 is 14.4 Å². The molecule has 0 bridgehead atoms. The molecular formula is C27H30N4O3S. The van der Waals surface area contributed by atoms with Gasteiger partial charge in [0.1, 0.15) is 12.4 Å². The summed E-state index contributed by atoms with van der Waals surface area (Å²) in [6.45, 7) is 7.82. The molecule has 0 unspecified atom stereocenters. The van der Waals surface area contributed by atoms with Crippen molar-refractivity contribution in [1.82, 2.24) is 15.2 Å². The first kappa shape index (κ1) is 24.7. The summed E-state index contributed by atoms with van der Waals surface area (Å²) in [6, 6.07) is 15.1. The lowest BCUT2D eigenvalue weighted by atomic mass is 10.1. The van der Waals surface area contributed by atoms with E-state index in [-0.39, 0.29) is 5.91 Å². The fourth-order valence-electron chi connectivity index (χ4n) is 3.91. The molecule has 8 heteroatoms. The van der Waals surface area contributed by atoms with Gasteiger partial charge in [-0.05, 0) is 36.8 Å². The van der Waals surface area contributed by atoms with E-state index in [9.17, 15) is 4.79 Å². The predicted octanol–water partition coefficient (Wildman–Crippen LogP) is 6.22. The van der Waals surface area contributed by atoms with E-state index >= 15 is 0 Å². The topological polar surface area (TPSA) is 77.4 Å². The lowest BCUT2D eigenvalue weighted by Crippen LogP contribution is -2.36. The highest BCUT2D eigenvalue weighted by atomic mass is 32.2. The minimum Gasteiger partial charge on any atom is -0.490 e. The first-order chi connectivity index (χ1) is 17.1. The van der Waals surface area contributed by atoms with Crippen LogP contribution in [0.3, 0.4) is 0 Å². The maximum Gasteiger partial charge on any atom is 0.247 e. The lowest BCUT2D eigenvalue weighted by Gasteiger charge is -2.30. The number of aromatic nitrogens is 3. The number of para-hydroxylation sites is 1. The van der Waals surface area contributed by atoms with Gasteiger partial charge in [-0.1, -0.05) is 68.8 Å². The Morgan fingerprint density at radius 1 is 1.14 bits per heavy atom. The molecule has 0 N–H and O–H groups in total. The van der Waals surface area contributed by atoms with Crippen LogP contribution in [0.25, 0.3) is 11.3 Å². The maximum absolute atomic E-state index is 12.9. The zero-order valence-corrected chi connectivity index (χ0v) is 21.0. The van der Waals surface area contributed by atoms with E-state index < -0.39 is 6.23 Å². The van der Waals surface area contributed by atoms with Gasteiger partial charge < -0.3 is 9.47 Å². The minimum atomic E-state index is -0.720. The van der Waals surface area contributed by atoms with Gasteiger partial charge >= 0.3 is 0 Å². The van der Waals surface area contributed by atoms with Crippen molar-refractivity contribution in [2.75, 3.05) is 17.3 Å². The molecule has 4 rings (SSSR count).